The van der Waals surface area contributed by atoms with Crippen molar-refractivity contribution in [3.8, 4) is 17.2 Å². The van der Waals surface area contributed by atoms with Gasteiger partial charge in [-0.2, -0.15) is 0 Å². The van der Waals surface area contributed by atoms with Crippen LogP contribution in [-0.4, -0.2) is 37.6 Å². The second-order valence-corrected chi connectivity index (χ2v) is 8.97. The van der Waals surface area contributed by atoms with Gasteiger partial charge in [0.05, 0.1) is 32.4 Å². The maximum atomic E-state index is 13.5. The number of nitrogens with zero attached hydrogens (tertiary/aromatic N) is 1. The second-order valence-electron chi connectivity index (χ2n) is 8.97. The molecule has 1 amide bonds. The van der Waals surface area contributed by atoms with Gasteiger partial charge in [-0.15, -0.1) is 0 Å². The summed E-state index contributed by atoms with van der Waals surface area (Å²) in [6, 6.07) is 15.1. The van der Waals surface area contributed by atoms with Gasteiger partial charge in [0, 0.05) is 11.3 Å². The fourth-order valence-corrected chi connectivity index (χ4v) is 4.60. The Morgan fingerprint density at radius 2 is 1.54 bits per heavy atom. The quantitative estimate of drug-likeness (QED) is 0.256. The van der Waals surface area contributed by atoms with Crippen LogP contribution in [0.15, 0.2) is 60.2 Å². The first-order chi connectivity index (χ1) is 17.7. The number of ether oxygens (including phenoxy) is 3. The number of Topliss-reactive ketones (excluding diaryl/α,β-unsaturated/α-hetero) is 1. The summed E-state index contributed by atoms with van der Waals surface area (Å²) in [5, 5.41) is 11.4. The molecule has 3 aromatic carbocycles. The number of benzene rings is 3. The molecule has 192 valence electrons. The summed E-state index contributed by atoms with van der Waals surface area (Å²) in [5.74, 6) is -0.0702. The second kappa shape index (κ2) is 10.4. The van der Waals surface area contributed by atoms with Gasteiger partial charge in [0.15, 0.2) is 11.5 Å². The van der Waals surface area contributed by atoms with Crippen molar-refractivity contribution in [2.24, 2.45) is 0 Å². The molecule has 0 aliphatic carbocycles. The number of ketones is 1. The molecule has 0 aromatic heterocycles. The zero-order valence-electron chi connectivity index (χ0n) is 21.9. The number of hydrogen-bond acceptors (Lipinski definition) is 6. The van der Waals surface area contributed by atoms with Crippen LogP contribution < -0.4 is 19.1 Å². The lowest BCUT2D eigenvalue weighted by Gasteiger charge is -2.26. The average molecular weight is 502 g/mol. The summed E-state index contributed by atoms with van der Waals surface area (Å²) in [7, 11) is 3.11. The normalized spacial score (nSPS) is 16.7. The SMILES string of the molecule is CCOc1cc(C2/C(=C(\O)c3ccc(OC)c(C)c3)C(=O)C(=O)N2c2ccc(C)c(C)c2)ccc1OC. The van der Waals surface area contributed by atoms with Crippen molar-refractivity contribution in [1.82, 2.24) is 0 Å². The predicted molar refractivity (Wildman–Crippen MR) is 143 cm³/mol. The van der Waals surface area contributed by atoms with E-state index in [-0.39, 0.29) is 11.3 Å². The summed E-state index contributed by atoms with van der Waals surface area (Å²) < 4.78 is 16.5. The third-order valence-electron chi connectivity index (χ3n) is 6.68. The maximum absolute atomic E-state index is 13.5. The van der Waals surface area contributed by atoms with Crippen LogP contribution in [0.1, 0.15) is 40.8 Å². The molecule has 1 saturated heterocycles. The zero-order chi connectivity index (χ0) is 26.9. The molecule has 7 nitrogen and oxygen atoms in total. The van der Waals surface area contributed by atoms with E-state index in [1.54, 1.807) is 50.6 Å². The summed E-state index contributed by atoms with van der Waals surface area (Å²) >= 11 is 0. The number of rotatable bonds is 7. The molecule has 37 heavy (non-hydrogen) atoms. The monoisotopic (exact) mass is 501 g/mol. The highest BCUT2D eigenvalue weighted by atomic mass is 16.5. The standard InChI is InChI=1S/C30H31NO6/c1-7-37-25-16-20(9-13-24(25)36-6)27-26(28(32)21-10-12-23(35-5)19(4)14-21)29(33)30(34)31(27)22-11-8-17(2)18(3)15-22/h8-16,27,32H,7H2,1-6H3/b28-26+. The van der Waals surface area contributed by atoms with Crippen molar-refractivity contribution in [2.45, 2.75) is 33.7 Å². The lowest BCUT2D eigenvalue weighted by molar-refractivity contribution is -0.132. The number of aryl methyl sites for hydroxylation is 3. The first-order valence-electron chi connectivity index (χ1n) is 12.1. The van der Waals surface area contributed by atoms with Crippen molar-refractivity contribution in [2.75, 3.05) is 25.7 Å². The van der Waals surface area contributed by atoms with Crippen molar-refractivity contribution in [3.63, 3.8) is 0 Å². The van der Waals surface area contributed by atoms with Crippen molar-refractivity contribution >= 4 is 23.1 Å². The Bertz CT molecular complexity index is 1410. The van der Waals surface area contributed by atoms with Gasteiger partial charge in [-0.1, -0.05) is 12.1 Å². The number of methoxy groups -OCH3 is 2. The van der Waals surface area contributed by atoms with E-state index in [4.69, 9.17) is 14.2 Å². The van der Waals surface area contributed by atoms with Gasteiger partial charge in [0.2, 0.25) is 0 Å². The zero-order valence-corrected chi connectivity index (χ0v) is 21.9. The van der Waals surface area contributed by atoms with Crippen LogP contribution in [-0.2, 0) is 9.59 Å². The van der Waals surface area contributed by atoms with Gasteiger partial charge in [0.25, 0.3) is 11.7 Å². The van der Waals surface area contributed by atoms with Gasteiger partial charge in [-0.3, -0.25) is 14.5 Å². The molecule has 4 rings (SSSR count). The average Bonchev–Trinajstić information content (AvgIpc) is 3.15. The van der Waals surface area contributed by atoms with Crippen LogP contribution >= 0.6 is 0 Å². The van der Waals surface area contributed by atoms with Gasteiger partial charge in [0.1, 0.15) is 11.5 Å². The molecule has 1 unspecified atom stereocenters. The van der Waals surface area contributed by atoms with E-state index in [9.17, 15) is 14.7 Å². The number of carbonyl (C=O) groups excluding carboxylic acids is 2. The van der Waals surface area contributed by atoms with Crippen LogP contribution in [0.5, 0.6) is 17.2 Å². The number of aliphatic hydroxyl groups excluding tert-OH is 1. The molecule has 3 aromatic rings. The highest BCUT2D eigenvalue weighted by molar-refractivity contribution is 6.51. The Balaban J connectivity index is 1.97. The van der Waals surface area contributed by atoms with Gasteiger partial charge in [-0.25, -0.2) is 0 Å². The molecule has 7 heteroatoms. The molecule has 1 N–H and O–H groups in total. The van der Waals surface area contributed by atoms with E-state index < -0.39 is 17.7 Å². The highest BCUT2D eigenvalue weighted by Crippen LogP contribution is 2.44. The van der Waals surface area contributed by atoms with E-state index in [1.165, 1.54) is 4.90 Å². The Kier molecular flexibility index (Phi) is 7.25. The molecule has 1 atom stereocenters. The summed E-state index contributed by atoms with van der Waals surface area (Å²) in [4.78, 5) is 28.4. The molecule has 1 fully saturated rings. The molecule has 0 bridgehead atoms. The Labute approximate surface area is 216 Å². The minimum Gasteiger partial charge on any atom is -0.507 e. The van der Waals surface area contributed by atoms with Crippen molar-refractivity contribution in [3.05, 3.63) is 88.0 Å². The molecular formula is C30H31NO6. The first kappa shape index (κ1) is 25.8. The van der Waals surface area contributed by atoms with Crippen LogP contribution in [0.3, 0.4) is 0 Å². The molecule has 1 heterocycles. The Morgan fingerprint density at radius 1 is 0.838 bits per heavy atom. The molecule has 0 spiro atoms. The first-order valence-corrected chi connectivity index (χ1v) is 12.1. The van der Waals surface area contributed by atoms with Crippen LogP contribution in [0, 0.1) is 20.8 Å². The number of anilines is 1. The third-order valence-corrected chi connectivity index (χ3v) is 6.68. The van der Waals surface area contributed by atoms with Crippen LogP contribution in [0.25, 0.3) is 5.76 Å². The minimum absolute atomic E-state index is 0.000380. The van der Waals surface area contributed by atoms with Crippen molar-refractivity contribution < 1.29 is 28.9 Å². The van der Waals surface area contributed by atoms with E-state index in [0.29, 0.717) is 40.7 Å². The van der Waals surface area contributed by atoms with Gasteiger partial charge < -0.3 is 19.3 Å². The van der Waals surface area contributed by atoms with Crippen LogP contribution in [0.2, 0.25) is 0 Å². The van der Waals surface area contributed by atoms with Gasteiger partial charge in [-0.05, 0) is 92.4 Å². The van der Waals surface area contributed by atoms with E-state index in [0.717, 1.165) is 16.7 Å². The van der Waals surface area contributed by atoms with Crippen molar-refractivity contribution in [1.29, 1.82) is 0 Å². The Hall–Kier alpha value is -4.26. The number of aliphatic hydroxyl groups is 1. The minimum atomic E-state index is -0.880. The van der Waals surface area contributed by atoms with E-state index >= 15 is 0 Å². The molecule has 0 saturated carbocycles. The molecule has 1 aliphatic rings. The summed E-state index contributed by atoms with van der Waals surface area (Å²) in [6.45, 7) is 8.04. The maximum Gasteiger partial charge on any atom is 0.300 e. The lowest BCUT2D eigenvalue weighted by atomic mass is 9.94. The fraction of sp³-hybridized carbons (Fsp3) is 0.267. The van der Waals surface area contributed by atoms with Gasteiger partial charge >= 0.3 is 0 Å². The van der Waals surface area contributed by atoms with E-state index in [1.807, 2.05) is 45.9 Å². The predicted octanol–water partition coefficient (Wildman–Crippen LogP) is 5.65. The number of amides is 1. The summed E-state index contributed by atoms with van der Waals surface area (Å²) in [5.41, 5.74) is 4.42. The molecular weight excluding hydrogens is 470 g/mol. The van der Waals surface area contributed by atoms with Crippen LogP contribution in [0.4, 0.5) is 5.69 Å². The fourth-order valence-electron chi connectivity index (χ4n) is 4.60. The largest absolute Gasteiger partial charge is 0.507 e. The smallest absolute Gasteiger partial charge is 0.300 e. The van der Waals surface area contributed by atoms with E-state index in [2.05, 4.69) is 0 Å². The molecule has 1 aliphatic heterocycles. The highest BCUT2D eigenvalue weighted by Gasteiger charge is 2.47. The Morgan fingerprint density at radius 3 is 2.16 bits per heavy atom. The lowest BCUT2D eigenvalue weighted by Crippen LogP contribution is -2.29. The number of hydrogen-bond donors (Lipinski definition) is 1. The topological polar surface area (TPSA) is 85.3 Å². The number of carbonyl (C=O) groups is 2. The third kappa shape index (κ3) is 4.65. The molecule has 0 radical (unpaired) electrons. The summed E-state index contributed by atoms with van der Waals surface area (Å²) in [6.07, 6.45) is 0.